The third-order valence-corrected chi connectivity index (χ3v) is 7.45. The maximum Gasteiger partial charge on any atom is 0.326 e. The maximum atomic E-state index is 12.5. The third-order valence-electron chi connectivity index (χ3n) is 7.09. The average Bonchev–Trinajstić information content (AvgIpc) is 2.94. The van der Waals surface area contributed by atoms with Crippen LogP contribution in [0, 0.1) is 17.8 Å². The number of aromatic nitrogens is 1. The van der Waals surface area contributed by atoms with E-state index in [4.69, 9.17) is 16.2 Å². The van der Waals surface area contributed by atoms with Crippen molar-refractivity contribution >= 4 is 26.6 Å². The van der Waals surface area contributed by atoms with Crippen molar-refractivity contribution in [3.63, 3.8) is 0 Å². The van der Waals surface area contributed by atoms with Gasteiger partial charge >= 0.3 is 5.97 Å². The van der Waals surface area contributed by atoms with E-state index in [0.717, 1.165) is 22.1 Å². The van der Waals surface area contributed by atoms with E-state index in [9.17, 15) is 4.79 Å². The van der Waals surface area contributed by atoms with Crippen LogP contribution in [0.25, 0.3) is 17.2 Å². The first kappa shape index (κ1) is 21.2. The van der Waals surface area contributed by atoms with Gasteiger partial charge in [-0.25, -0.2) is 0 Å². The van der Waals surface area contributed by atoms with Crippen molar-refractivity contribution in [1.82, 2.24) is 4.98 Å². The van der Waals surface area contributed by atoms with Crippen LogP contribution in [0.4, 0.5) is 0 Å². The van der Waals surface area contributed by atoms with Gasteiger partial charge in [-0.1, -0.05) is 44.2 Å². The van der Waals surface area contributed by atoms with Crippen molar-refractivity contribution in [2.75, 3.05) is 0 Å². The Morgan fingerprint density at radius 3 is 2.60 bits per heavy atom. The zero-order valence-corrected chi connectivity index (χ0v) is 18.9. The van der Waals surface area contributed by atoms with E-state index in [2.05, 4.69) is 46.3 Å². The number of nitrogens with two attached hydrogens (primary N) is 2. The number of carbonyl (C=O) groups excluding carboxylic acids is 1. The molecule has 7 atom stereocenters. The van der Waals surface area contributed by atoms with Crippen molar-refractivity contribution < 1.29 is 9.53 Å². The van der Waals surface area contributed by atoms with Crippen LogP contribution in [0.15, 0.2) is 48.7 Å². The molecule has 4 rings (SSSR count). The van der Waals surface area contributed by atoms with Gasteiger partial charge in [0.2, 0.25) is 0 Å². The normalized spacial score (nSPS) is 36.0. The summed E-state index contributed by atoms with van der Waals surface area (Å²) in [5.41, 5.74) is 14.8. The van der Waals surface area contributed by atoms with Gasteiger partial charge in [0.1, 0.15) is 11.6 Å². The summed E-state index contributed by atoms with van der Waals surface area (Å²) < 4.78 is 5.53. The largest absolute Gasteiger partial charge is 0.461 e. The fraction of sp³-hybridized carbons (Fsp3) is 0.417. The number of nitrogens with zero attached hydrogens (tertiary/aromatic N) is 1. The summed E-state index contributed by atoms with van der Waals surface area (Å²) in [6.45, 7) is 6.13. The number of benzene rings is 1. The Balaban J connectivity index is 1.64. The summed E-state index contributed by atoms with van der Waals surface area (Å²) in [4.78, 5) is 17.1. The van der Waals surface area contributed by atoms with Crippen LogP contribution in [-0.2, 0) is 9.53 Å². The minimum absolute atomic E-state index is 0.149. The van der Waals surface area contributed by atoms with Gasteiger partial charge in [0, 0.05) is 23.2 Å². The molecule has 1 saturated heterocycles. The highest BCUT2D eigenvalue weighted by atomic mass is 31.0. The summed E-state index contributed by atoms with van der Waals surface area (Å²) >= 11 is 0. The minimum atomic E-state index is -1.04. The lowest BCUT2D eigenvalue weighted by molar-refractivity contribution is -0.145. The molecule has 2 aliphatic rings. The molecule has 5 nitrogen and oxygen atoms in total. The predicted molar refractivity (Wildman–Crippen MR) is 124 cm³/mol. The van der Waals surface area contributed by atoms with E-state index in [1.807, 2.05) is 43.5 Å². The molecule has 2 heterocycles. The van der Waals surface area contributed by atoms with Gasteiger partial charge < -0.3 is 16.2 Å². The summed E-state index contributed by atoms with van der Waals surface area (Å²) in [5.74, 6) is -0.255. The first-order chi connectivity index (χ1) is 14.1. The average molecular weight is 423 g/mol. The number of fused-ring (bicyclic) bond motifs is 1. The van der Waals surface area contributed by atoms with Crippen molar-refractivity contribution in [3.8, 4) is 11.1 Å². The molecule has 4 N–H and O–H groups in total. The van der Waals surface area contributed by atoms with Gasteiger partial charge in [-0.15, -0.1) is 9.24 Å². The first-order valence-corrected chi connectivity index (χ1v) is 11.0. The monoisotopic (exact) mass is 423 g/mol. The fourth-order valence-corrected chi connectivity index (χ4v) is 5.61. The van der Waals surface area contributed by atoms with E-state index in [-0.39, 0.29) is 29.8 Å². The Labute approximate surface area is 180 Å². The second-order valence-electron chi connectivity index (χ2n) is 9.03. The van der Waals surface area contributed by atoms with E-state index < -0.39 is 11.1 Å². The van der Waals surface area contributed by atoms with Gasteiger partial charge in [-0.3, -0.25) is 9.78 Å². The van der Waals surface area contributed by atoms with Crippen LogP contribution < -0.4 is 16.8 Å². The van der Waals surface area contributed by atoms with Crippen LogP contribution in [0.3, 0.4) is 0 Å². The SMILES string of the molecule is CC1CC2(N)C(=O)OC(C)C2C(N)(/C=C/c2ccc(-c3cccc(P)c3)cn2)C1C. The van der Waals surface area contributed by atoms with Crippen molar-refractivity contribution in [3.05, 3.63) is 54.4 Å². The molecule has 2 aromatic rings. The molecule has 30 heavy (non-hydrogen) atoms. The Hall–Kier alpha value is -2.07. The summed E-state index contributed by atoms with van der Waals surface area (Å²) in [7, 11) is 2.71. The van der Waals surface area contributed by atoms with Crippen LogP contribution in [-0.4, -0.2) is 28.1 Å². The molecule has 1 aliphatic carbocycles. The molecule has 1 saturated carbocycles. The van der Waals surface area contributed by atoms with Gasteiger partial charge in [-0.2, -0.15) is 0 Å². The van der Waals surface area contributed by atoms with Gasteiger partial charge in [0.25, 0.3) is 0 Å². The third kappa shape index (κ3) is 3.39. The van der Waals surface area contributed by atoms with E-state index in [1.165, 1.54) is 0 Å². The number of hydrogen-bond acceptors (Lipinski definition) is 5. The maximum absolute atomic E-state index is 12.5. The number of pyridine rings is 1. The second-order valence-corrected chi connectivity index (χ2v) is 9.70. The lowest BCUT2D eigenvalue weighted by atomic mass is 9.55. The van der Waals surface area contributed by atoms with Crippen LogP contribution >= 0.6 is 9.24 Å². The van der Waals surface area contributed by atoms with E-state index in [0.29, 0.717) is 6.42 Å². The minimum Gasteiger partial charge on any atom is -0.461 e. The zero-order chi connectivity index (χ0) is 21.7. The smallest absolute Gasteiger partial charge is 0.326 e. The number of carbonyl (C=O) groups is 1. The molecular formula is C24H30N3O2P. The molecule has 6 heteroatoms. The van der Waals surface area contributed by atoms with E-state index in [1.54, 1.807) is 0 Å². The Morgan fingerprint density at radius 2 is 1.93 bits per heavy atom. The standard InChI is InChI=1S/C24H30N3O2P/c1-14-12-24(26)21(16(3)29-22(24)28)23(25,15(14)2)10-9-19-8-7-18(13-27-19)17-5-4-6-20(30)11-17/h4-11,13-16,21H,12,25-26,30H2,1-3H3/b10-9+. The Bertz CT molecular complexity index is 992. The zero-order valence-electron chi connectivity index (χ0n) is 17.7. The fourth-order valence-electron chi connectivity index (χ4n) is 5.32. The summed E-state index contributed by atoms with van der Waals surface area (Å²) in [6.07, 6.45) is 6.08. The number of esters is 1. The molecule has 0 spiro atoms. The van der Waals surface area contributed by atoms with Gasteiger partial charge in [0.15, 0.2) is 0 Å². The lowest BCUT2D eigenvalue weighted by Crippen LogP contribution is -2.69. The molecule has 1 aromatic carbocycles. The quantitative estimate of drug-likeness (QED) is 0.585. The van der Waals surface area contributed by atoms with Crippen LogP contribution in [0.1, 0.15) is 32.9 Å². The van der Waals surface area contributed by atoms with Crippen molar-refractivity contribution in [1.29, 1.82) is 0 Å². The number of cyclic esters (lactones) is 1. The van der Waals surface area contributed by atoms with Gasteiger partial charge in [0.05, 0.1) is 5.69 Å². The highest BCUT2D eigenvalue weighted by Gasteiger charge is 2.65. The molecule has 0 bridgehead atoms. The van der Waals surface area contributed by atoms with Crippen molar-refractivity contribution in [2.24, 2.45) is 29.2 Å². The van der Waals surface area contributed by atoms with Crippen LogP contribution in [0.5, 0.6) is 0 Å². The Kier molecular flexibility index (Phi) is 5.34. The lowest BCUT2D eigenvalue weighted by Gasteiger charge is -2.52. The molecule has 1 aromatic heterocycles. The molecule has 0 amide bonds. The van der Waals surface area contributed by atoms with Crippen LogP contribution in [0.2, 0.25) is 0 Å². The molecule has 2 fully saturated rings. The second kappa shape index (κ2) is 7.56. The number of hydrogen-bond donors (Lipinski definition) is 2. The molecular weight excluding hydrogens is 393 g/mol. The topological polar surface area (TPSA) is 91.2 Å². The highest BCUT2D eigenvalue weighted by molar-refractivity contribution is 7.27. The molecule has 0 radical (unpaired) electrons. The predicted octanol–water partition coefficient (Wildman–Crippen LogP) is 2.89. The molecule has 7 unspecified atom stereocenters. The summed E-state index contributed by atoms with van der Waals surface area (Å²) in [6, 6.07) is 12.3. The summed E-state index contributed by atoms with van der Waals surface area (Å²) in [5, 5.41) is 1.13. The number of rotatable bonds is 3. The van der Waals surface area contributed by atoms with Gasteiger partial charge in [-0.05, 0) is 54.3 Å². The molecule has 158 valence electrons. The molecule has 1 aliphatic heterocycles. The highest BCUT2D eigenvalue weighted by Crippen LogP contribution is 2.51. The van der Waals surface area contributed by atoms with Crippen molar-refractivity contribution in [2.45, 2.75) is 44.4 Å². The Morgan fingerprint density at radius 1 is 1.17 bits per heavy atom. The number of ether oxygens (including phenoxy) is 1. The first-order valence-electron chi connectivity index (χ1n) is 10.4. The van der Waals surface area contributed by atoms with E-state index >= 15 is 0 Å².